The van der Waals surface area contributed by atoms with Gasteiger partial charge in [-0.1, -0.05) is 24.3 Å². The van der Waals surface area contributed by atoms with Crippen molar-refractivity contribution in [1.82, 2.24) is 9.55 Å². The first-order valence-electron chi connectivity index (χ1n) is 6.30. The molecule has 0 aliphatic rings. The summed E-state index contributed by atoms with van der Waals surface area (Å²) in [6.07, 6.45) is 3.50. The Morgan fingerprint density at radius 1 is 1.15 bits per heavy atom. The van der Waals surface area contributed by atoms with Crippen LogP contribution >= 0.6 is 0 Å². The lowest BCUT2D eigenvalue weighted by Gasteiger charge is -2.11. The van der Waals surface area contributed by atoms with Gasteiger partial charge in [-0.15, -0.1) is 0 Å². The number of nitrogens with zero attached hydrogens (tertiary/aromatic N) is 2. The van der Waals surface area contributed by atoms with Crippen LogP contribution in [0.1, 0.15) is 5.56 Å². The Balaban J connectivity index is 2.15. The molecule has 4 heteroatoms. The minimum atomic E-state index is -0.411. The molecular weight excluding hydrogens is 253 g/mol. The molecule has 20 heavy (non-hydrogen) atoms. The van der Waals surface area contributed by atoms with Gasteiger partial charge in [-0.25, -0.2) is 9.37 Å². The molecule has 0 radical (unpaired) electrons. The first kappa shape index (κ1) is 12.4. The van der Waals surface area contributed by atoms with E-state index in [2.05, 4.69) is 4.98 Å². The normalized spacial score (nSPS) is 10.7. The molecule has 0 unspecified atom stereocenters. The van der Waals surface area contributed by atoms with Gasteiger partial charge in [0.1, 0.15) is 5.82 Å². The molecule has 0 fully saturated rings. The Morgan fingerprint density at radius 2 is 1.95 bits per heavy atom. The summed E-state index contributed by atoms with van der Waals surface area (Å²) in [5.74, 6) is -0.411. The molecular formula is C16H14FN3. The van der Waals surface area contributed by atoms with Gasteiger partial charge in [0.2, 0.25) is 0 Å². The molecule has 2 aromatic carbocycles. The Kier molecular flexibility index (Phi) is 2.99. The van der Waals surface area contributed by atoms with E-state index < -0.39 is 5.82 Å². The summed E-state index contributed by atoms with van der Waals surface area (Å²) < 4.78 is 15.2. The second-order valence-corrected chi connectivity index (χ2v) is 4.67. The number of aryl methyl sites for hydroxylation is 1. The van der Waals surface area contributed by atoms with E-state index in [-0.39, 0.29) is 5.69 Å². The number of imidazole rings is 1. The quantitative estimate of drug-likeness (QED) is 0.721. The van der Waals surface area contributed by atoms with Crippen molar-refractivity contribution in [2.24, 2.45) is 0 Å². The molecule has 1 heterocycles. The number of halogens is 1. The molecule has 1 aromatic heterocycles. The number of hydrogen-bond donors (Lipinski definition) is 1. The standard InChI is InChI=1S/C16H14FN3/c1-11-4-2-3-5-13(11)16-9-19-10-20(16)12-6-7-14(17)15(18)8-12/h2-10H,18H2,1H3. The summed E-state index contributed by atoms with van der Waals surface area (Å²) in [7, 11) is 0. The van der Waals surface area contributed by atoms with Crippen molar-refractivity contribution in [3.05, 3.63) is 66.4 Å². The van der Waals surface area contributed by atoms with Gasteiger partial charge in [0, 0.05) is 11.3 Å². The minimum absolute atomic E-state index is 0.131. The maximum Gasteiger partial charge on any atom is 0.146 e. The Morgan fingerprint density at radius 3 is 2.70 bits per heavy atom. The van der Waals surface area contributed by atoms with Gasteiger partial charge in [-0.05, 0) is 30.7 Å². The largest absolute Gasteiger partial charge is 0.396 e. The van der Waals surface area contributed by atoms with Gasteiger partial charge in [0.25, 0.3) is 0 Å². The smallest absolute Gasteiger partial charge is 0.146 e. The third-order valence-electron chi connectivity index (χ3n) is 3.32. The van der Waals surface area contributed by atoms with Crippen LogP contribution in [0.2, 0.25) is 0 Å². The predicted molar refractivity (Wildman–Crippen MR) is 78.1 cm³/mol. The predicted octanol–water partition coefficient (Wildman–Crippen LogP) is 3.57. The van der Waals surface area contributed by atoms with E-state index in [1.807, 2.05) is 35.8 Å². The number of aromatic nitrogens is 2. The molecule has 3 rings (SSSR count). The maximum absolute atomic E-state index is 13.3. The van der Waals surface area contributed by atoms with Crippen molar-refractivity contribution < 1.29 is 4.39 Å². The molecule has 0 spiro atoms. The molecule has 0 atom stereocenters. The molecule has 0 saturated heterocycles. The van der Waals surface area contributed by atoms with Crippen LogP contribution < -0.4 is 5.73 Å². The van der Waals surface area contributed by atoms with Gasteiger partial charge < -0.3 is 5.73 Å². The molecule has 3 aromatic rings. The monoisotopic (exact) mass is 267 g/mol. The molecule has 0 amide bonds. The van der Waals surface area contributed by atoms with Crippen molar-refractivity contribution in [2.75, 3.05) is 5.73 Å². The van der Waals surface area contributed by atoms with Crippen LogP contribution in [0.25, 0.3) is 16.9 Å². The summed E-state index contributed by atoms with van der Waals surface area (Å²) in [5.41, 5.74) is 9.76. The highest BCUT2D eigenvalue weighted by molar-refractivity contribution is 5.66. The Labute approximate surface area is 116 Å². The molecule has 2 N–H and O–H groups in total. The van der Waals surface area contributed by atoms with E-state index >= 15 is 0 Å². The lowest BCUT2D eigenvalue weighted by Crippen LogP contribution is -1.99. The van der Waals surface area contributed by atoms with Crippen LogP contribution in [0, 0.1) is 12.7 Å². The van der Waals surface area contributed by atoms with Gasteiger partial charge >= 0.3 is 0 Å². The van der Waals surface area contributed by atoms with Crippen LogP contribution in [0.5, 0.6) is 0 Å². The fraction of sp³-hybridized carbons (Fsp3) is 0.0625. The summed E-state index contributed by atoms with van der Waals surface area (Å²) in [6, 6.07) is 12.7. The van der Waals surface area contributed by atoms with E-state index in [9.17, 15) is 4.39 Å². The van der Waals surface area contributed by atoms with Crippen molar-refractivity contribution >= 4 is 5.69 Å². The fourth-order valence-corrected chi connectivity index (χ4v) is 2.24. The number of rotatable bonds is 2. The summed E-state index contributed by atoms with van der Waals surface area (Å²) in [4.78, 5) is 4.20. The second-order valence-electron chi connectivity index (χ2n) is 4.67. The van der Waals surface area contributed by atoms with Gasteiger partial charge in [0.05, 0.1) is 23.9 Å². The highest BCUT2D eigenvalue weighted by atomic mass is 19.1. The molecule has 0 saturated carbocycles. The van der Waals surface area contributed by atoms with E-state index in [0.717, 1.165) is 22.5 Å². The fourth-order valence-electron chi connectivity index (χ4n) is 2.24. The molecule has 0 aliphatic heterocycles. The molecule has 100 valence electrons. The van der Waals surface area contributed by atoms with Crippen molar-refractivity contribution in [2.45, 2.75) is 6.92 Å². The first-order chi connectivity index (χ1) is 9.66. The van der Waals surface area contributed by atoms with E-state index in [4.69, 9.17) is 5.73 Å². The topological polar surface area (TPSA) is 43.8 Å². The van der Waals surface area contributed by atoms with Crippen LogP contribution in [-0.2, 0) is 0 Å². The number of anilines is 1. The number of benzene rings is 2. The molecule has 3 nitrogen and oxygen atoms in total. The van der Waals surface area contributed by atoms with Crippen LogP contribution in [0.4, 0.5) is 10.1 Å². The van der Waals surface area contributed by atoms with Crippen LogP contribution in [0.15, 0.2) is 55.0 Å². The first-order valence-corrected chi connectivity index (χ1v) is 6.30. The van der Waals surface area contributed by atoms with E-state index in [1.54, 1.807) is 24.7 Å². The summed E-state index contributed by atoms with van der Waals surface area (Å²) in [5, 5.41) is 0. The van der Waals surface area contributed by atoms with E-state index in [0.29, 0.717) is 0 Å². The Hall–Kier alpha value is -2.62. The Bertz CT molecular complexity index is 762. The van der Waals surface area contributed by atoms with Crippen molar-refractivity contribution in [1.29, 1.82) is 0 Å². The third-order valence-corrected chi connectivity index (χ3v) is 3.32. The number of nitrogens with two attached hydrogens (primary N) is 1. The van der Waals surface area contributed by atoms with Gasteiger partial charge in [0.15, 0.2) is 0 Å². The van der Waals surface area contributed by atoms with Crippen LogP contribution in [-0.4, -0.2) is 9.55 Å². The highest BCUT2D eigenvalue weighted by Gasteiger charge is 2.10. The second kappa shape index (κ2) is 4.81. The molecule has 0 bridgehead atoms. The van der Waals surface area contributed by atoms with Crippen LogP contribution in [0.3, 0.4) is 0 Å². The highest BCUT2D eigenvalue weighted by Crippen LogP contribution is 2.26. The van der Waals surface area contributed by atoms with Crippen molar-refractivity contribution in [3.8, 4) is 16.9 Å². The lowest BCUT2D eigenvalue weighted by atomic mass is 10.1. The lowest BCUT2D eigenvalue weighted by molar-refractivity contribution is 0.632. The SMILES string of the molecule is Cc1ccccc1-c1cncn1-c1ccc(F)c(N)c1. The summed E-state index contributed by atoms with van der Waals surface area (Å²) >= 11 is 0. The number of hydrogen-bond acceptors (Lipinski definition) is 2. The molecule has 0 aliphatic carbocycles. The zero-order valence-electron chi connectivity index (χ0n) is 11.0. The van der Waals surface area contributed by atoms with Gasteiger partial charge in [-0.3, -0.25) is 4.57 Å². The number of nitrogen functional groups attached to an aromatic ring is 1. The van der Waals surface area contributed by atoms with E-state index in [1.165, 1.54) is 6.07 Å². The zero-order chi connectivity index (χ0) is 14.1. The zero-order valence-corrected chi connectivity index (χ0v) is 11.0. The maximum atomic E-state index is 13.3. The average molecular weight is 267 g/mol. The van der Waals surface area contributed by atoms with Crippen molar-refractivity contribution in [3.63, 3.8) is 0 Å². The van der Waals surface area contributed by atoms with Gasteiger partial charge in [-0.2, -0.15) is 0 Å². The minimum Gasteiger partial charge on any atom is -0.396 e. The average Bonchev–Trinajstić information content (AvgIpc) is 2.91. The summed E-state index contributed by atoms with van der Waals surface area (Å²) in [6.45, 7) is 2.05. The third kappa shape index (κ3) is 2.05.